The number of aryl methyl sites for hydroxylation is 1. The van der Waals surface area contributed by atoms with Crippen molar-refractivity contribution in [3.05, 3.63) is 28.2 Å². The second-order valence-corrected chi connectivity index (χ2v) is 6.68. The van der Waals surface area contributed by atoms with Crippen LogP contribution in [0.1, 0.15) is 18.4 Å². The summed E-state index contributed by atoms with van der Waals surface area (Å²) in [4.78, 5) is 14.2. The number of amides is 1. The van der Waals surface area contributed by atoms with E-state index in [-0.39, 0.29) is 5.91 Å². The lowest BCUT2D eigenvalue weighted by Crippen LogP contribution is -2.44. The Morgan fingerprint density at radius 1 is 1.39 bits per heavy atom. The van der Waals surface area contributed by atoms with Crippen molar-refractivity contribution in [3.63, 3.8) is 0 Å². The predicted molar refractivity (Wildman–Crippen MR) is 95.9 cm³/mol. The Hall–Kier alpha value is -1.11. The summed E-state index contributed by atoms with van der Waals surface area (Å²) in [5.41, 5.74) is 1.17. The number of nitrogens with one attached hydrogen (secondary N) is 2. The lowest BCUT2D eigenvalue weighted by Gasteiger charge is -2.27. The third-order valence-electron chi connectivity index (χ3n) is 3.86. The van der Waals surface area contributed by atoms with Crippen LogP contribution < -0.4 is 15.4 Å². The highest BCUT2D eigenvalue weighted by atomic mass is 79.9. The Labute approximate surface area is 146 Å². The number of carbonyl (C=O) groups is 1. The molecule has 0 aromatic heterocycles. The van der Waals surface area contributed by atoms with Crippen molar-refractivity contribution in [2.24, 2.45) is 0 Å². The second-order valence-electron chi connectivity index (χ2n) is 5.83. The molecular formula is C17H26BrN3O2. The summed E-state index contributed by atoms with van der Waals surface area (Å²) in [5.74, 6) is 0.829. The molecule has 1 fully saturated rings. The van der Waals surface area contributed by atoms with Crippen LogP contribution in [-0.4, -0.2) is 56.7 Å². The van der Waals surface area contributed by atoms with E-state index in [1.54, 1.807) is 0 Å². The van der Waals surface area contributed by atoms with E-state index in [4.69, 9.17) is 4.74 Å². The minimum atomic E-state index is 0.0496. The van der Waals surface area contributed by atoms with Gasteiger partial charge in [0.1, 0.15) is 5.75 Å². The number of piperazine rings is 1. The van der Waals surface area contributed by atoms with E-state index in [0.717, 1.165) is 55.9 Å². The maximum atomic E-state index is 11.8. The number of hydrogen-bond acceptors (Lipinski definition) is 4. The number of carbonyl (C=O) groups excluding carboxylic acids is 1. The lowest BCUT2D eigenvalue weighted by atomic mass is 10.2. The first-order valence-corrected chi connectivity index (χ1v) is 9.03. The molecule has 128 valence electrons. The van der Waals surface area contributed by atoms with Crippen LogP contribution >= 0.6 is 15.9 Å². The molecule has 1 aromatic rings. The average Bonchev–Trinajstić information content (AvgIpc) is 2.55. The van der Waals surface area contributed by atoms with Gasteiger partial charge >= 0.3 is 0 Å². The number of ether oxygens (including phenoxy) is 1. The predicted octanol–water partition coefficient (Wildman–Crippen LogP) is 1.94. The van der Waals surface area contributed by atoms with Crippen molar-refractivity contribution in [3.8, 4) is 5.75 Å². The van der Waals surface area contributed by atoms with Gasteiger partial charge in [-0.1, -0.05) is 6.07 Å². The lowest BCUT2D eigenvalue weighted by molar-refractivity contribution is -0.121. The van der Waals surface area contributed by atoms with Crippen molar-refractivity contribution in [2.75, 3.05) is 45.9 Å². The molecule has 2 rings (SSSR count). The Morgan fingerprint density at radius 3 is 2.91 bits per heavy atom. The topological polar surface area (TPSA) is 53.6 Å². The van der Waals surface area contributed by atoms with Gasteiger partial charge in [-0.25, -0.2) is 0 Å². The highest BCUT2D eigenvalue weighted by molar-refractivity contribution is 9.10. The van der Waals surface area contributed by atoms with Gasteiger partial charge in [0.15, 0.2) is 0 Å². The van der Waals surface area contributed by atoms with Crippen LogP contribution in [0.2, 0.25) is 0 Å². The molecule has 0 unspecified atom stereocenters. The Balaban J connectivity index is 1.54. The fraction of sp³-hybridized carbons (Fsp3) is 0.588. The summed E-state index contributed by atoms with van der Waals surface area (Å²) in [6.45, 7) is 8.55. The molecule has 1 saturated heterocycles. The summed E-state index contributed by atoms with van der Waals surface area (Å²) < 4.78 is 6.57. The van der Waals surface area contributed by atoms with Crippen molar-refractivity contribution in [2.45, 2.75) is 19.8 Å². The number of rotatable bonds is 8. The van der Waals surface area contributed by atoms with Crippen molar-refractivity contribution in [1.29, 1.82) is 0 Å². The van der Waals surface area contributed by atoms with E-state index in [9.17, 15) is 4.79 Å². The maximum absolute atomic E-state index is 11.8. The zero-order valence-electron chi connectivity index (χ0n) is 13.7. The van der Waals surface area contributed by atoms with E-state index >= 15 is 0 Å². The monoisotopic (exact) mass is 383 g/mol. The normalized spacial score (nSPS) is 15.4. The first-order chi connectivity index (χ1) is 11.1. The zero-order valence-corrected chi connectivity index (χ0v) is 15.3. The first-order valence-electron chi connectivity index (χ1n) is 8.24. The molecule has 1 amide bonds. The molecule has 1 aliphatic heterocycles. The molecule has 5 nitrogen and oxygen atoms in total. The van der Waals surface area contributed by atoms with E-state index < -0.39 is 0 Å². The third-order valence-corrected chi connectivity index (χ3v) is 4.48. The summed E-state index contributed by atoms with van der Waals surface area (Å²) >= 11 is 3.47. The van der Waals surface area contributed by atoms with Crippen LogP contribution in [0, 0.1) is 6.92 Å². The van der Waals surface area contributed by atoms with Crippen LogP contribution in [0.15, 0.2) is 22.7 Å². The molecule has 1 aromatic carbocycles. The van der Waals surface area contributed by atoms with Gasteiger partial charge in [0, 0.05) is 32.7 Å². The summed E-state index contributed by atoms with van der Waals surface area (Å²) in [6, 6.07) is 5.92. The van der Waals surface area contributed by atoms with Crippen molar-refractivity contribution in [1.82, 2.24) is 15.5 Å². The minimum absolute atomic E-state index is 0.0496. The molecule has 0 spiro atoms. The molecule has 6 heteroatoms. The first kappa shape index (κ1) is 18.2. The van der Waals surface area contributed by atoms with Gasteiger partial charge < -0.3 is 20.3 Å². The van der Waals surface area contributed by atoms with Gasteiger partial charge in [-0.2, -0.15) is 0 Å². The van der Waals surface area contributed by atoms with Crippen LogP contribution in [0.3, 0.4) is 0 Å². The van der Waals surface area contributed by atoms with Crippen molar-refractivity contribution >= 4 is 21.8 Å². The van der Waals surface area contributed by atoms with Crippen LogP contribution in [0.5, 0.6) is 5.75 Å². The van der Waals surface area contributed by atoms with Gasteiger partial charge in [-0.3, -0.25) is 4.79 Å². The largest absolute Gasteiger partial charge is 0.492 e. The fourth-order valence-corrected chi connectivity index (χ4v) is 3.14. The number of nitrogens with zero attached hydrogens (tertiary/aromatic N) is 1. The Morgan fingerprint density at radius 2 is 2.17 bits per heavy atom. The molecule has 0 saturated carbocycles. The molecule has 0 bridgehead atoms. The highest BCUT2D eigenvalue weighted by Gasteiger charge is 2.09. The van der Waals surface area contributed by atoms with Gasteiger partial charge in [-0.15, -0.1) is 0 Å². The van der Waals surface area contributed by atoms with Gasteiger partial charge in [0.25, 0.3) is 0 Å². The van der Waals surface area contributed by atoms with E-state index in [1.165, 1.54) is 5.56 Å². The second kappa shape index (κ2) is 9.90. The molecule has 1 heterocycles. The Bertz CT molecular complexity index is 505. The van der Waals surface area contributed by atoms with Crippen LogP contribution in [0.25, 0.3) is 0 Å². The van der Waals surface area contributed by atoms with E-state index in [2.05, 4.69) is 31.5 Å². The number of benzene rings is 1. The third kappa shape index (κ3) is 6.89. The average molecular weight is 384 g/mol. The minimum Gasteiger partial charge on any atom is -0.492 e. The van der Waals surface area contributed by atoms with Gasteiger partial charge in [0.2, 0.25) is 5.91 Å². The van der Waals surface area contributed by atoms with Crippen molar-refractivity contribution < 1.29 is 9.53 Å². The summed E-state index contributed by atoms with van der Waals surface area (Å²) in [7, 11) is 0. The SMILES string of the molecule is Cc1ccc(OCCC(=O)NCCCN2CCNCC2)c(Br)c1. The smallest absolute Gasteiger partial charge is 0.223 e. The fourth-order valence-electron chi connectivity index (χ4n) is 2.53. The van der Waals surface area contributed by atoms with Crippen LogP contribution in [-0.2, 0) is 4.79 Å². The van der Waals surface area contributed by atoms with Gasteiger partial charge in [0.05, 0.1) is 17.5 Å². The zero-order chi connectivity index (χ0) is 16.5. The quantitative estimate of drug-likeness (QED) is 0.673. The van der Waals surface area contributed by atoms with E-state index in [0.29, 0.717) is 13.0 Å². The summed E-state index contributed by atoms with van der Waals surface area (Å²) in [6.07, 6.45) is 1.38. The van der Waals surface area contributed by atoms with Crippen LogP contribution in [0.4, 0.5) is 0 Å². The standard InChI is InChI=1S/C17H26BrN3O2/c1-14-3-4-16(15(18)13-14)23-12-5-17(22)20-6-2-9-21-10-7-19-8-11-21/h3-4,13,19H,2,5-12H2,1H3,(H,20,22). The molecule has 0 aliphatic carbocycles. The van der Waals surface area contributed by atoms with E-state index in [1.807, 2.05) is 25.1 Å². The maximum Gasteiger partial charge on any atom is 0.223 e. The molecule has 23 heavy (non-hydrogen) atoms. The number of halogens is 1. The molecular weight excluding hydrogens is 358 g/mol. The molecule has 2 N–H and O–H groups in total. The number of hydrogen-bond donors (Lipinski definition) is 2. The Kier molecular flexibility index (Phi) is 7.85. The highest BCUT2D eigenvalue weighted by Crippen LogP contribution is 2.25. The molecule has 0 radical (unpaired) electrons. The summed E-state index contributed by atoms with van der Waals surface area (Å²) in [5, 5.41) is 6.30. The molecule has 0 atom stereocenters. The molecule has 1 aliphatic rings. The van der Waals surface area contributed by atoms with Gasteiger partial charge in [-0.05, 0) is 53.5 Å².